The largest absolute Gasteiger partial charge is 1.00 e. The molecular weight excluding hydrogens is 321 g/mol. The van der Waals surface area contributed by atoms with Crippen molar-refractivity contribution >= 4 is 23.0 Å². The molecule has 1 aliphatic rings. The van der Waals surface area contributed by atoms with Crippen molar-refractivity contribution in [2.24, 2.45) is 0 Å². The number of rotatable bonds is 3. The third-order valence-corrected chi connectivity index (χ3v) is 3.50. The number of fused-ring (bicyclic) bond motifs is 1. The second-order valence-corrected chi connectivity index (χ2v) is 4.84. The number of nitrogens with zero attached hydrogens (tertiary/aromatic N) is 4. The number of aromatic nitrogens is 4. The molecule has 0 bridgehead atoms. The van der Waals surface area contributed by atoms with Crippen LogP contribution in [0.25, 0.3) is 11.2 Å². The first-order chi connectivity index (χ1) is 10.4. The number of aliphatic hydroxyl groups is 3. The average Bonchev–Trinajstić information content (AvgIpc) is 3.02. The Bertz CT molecular complexity index is 732. The zero-order valence-electron chi connectivity index (χ0n) is 13.0. The van der Waals surface area contributed by atoms with E-state index < -0.39 is 36.6 Å². The minimum absolute atomic E-state index is 0. The first kappa shape index (κ1) is 18.0. The van der Waals surface area contributed by atoms with Crippen molar-refractivity contribution in [3.05, 3.63) is 12.7 Å². The summed E-state index contributed by atoms with van der Waals surface area (Å²) in [4.78, 5) is 22.5. The maximum atomic E-state index is 10.8. The summed E-state index contributed by atoms with van der Waals surface area (Å²) in [6.07, 6.45) is -5.25. The molecule has 3 heterocycles. The van der Waals surface area contributed by atoms with Crippen LogP contribution in [0.15, 0.2) is 12.7 Å². The van der Waals surface area contributed by atoms with E-state index in [9.17, 15) is 20.1 Å². The molecule has 6 N–H and O–H groups in total. The summed E-state index contributed by atoms with van der Waals surface area (Å²) in [5.41, 5.74) is 6.17. The molecular formula is C11H14N5NaO6. The van der Waals surface area contributed by atoms with Crippen LogP contribution in [-0.2, 0) is 9.53 Å². The van der Waals surface area contributed by atoms with Crippen LogP contribution in [0, 0.1) is 0 Å². The van der Waals surface area contributed by atoms with Crippen molar-refractivity contribution in [1.82, 2.24) is 19.5 Å². The fourth-order valence-electron chi connectivity index (χ4n) is 2.37. The Kier molecular flexibility index (Phi) is 5.20. The quantitative estimate of drug-likeness (QED) is 0.340. The van der Waals surface area contributed by atoms with Gasteiger partial charge in [0, 0.05) is 0 Å². The van der Waals surface area contributed by atoms with E-state index in [0.29, 0.717) is 0 Å². The monoisotopic (exact) mass is 335 g/mol. The number of aliphatic carboxylic acids is 1. The average molecular weight is 335 g/mol. The van der Waals surface area contributed by atoms with Gasteiger partial charge in [-0.25, -0.2) is 19.7 Å². The van der Waals surface area contributed by atoms with Gasteiger partial charge in [-0.1, -0.05) is 0 Å². The van der Waals surface area contributed by atoms with E-state index in [1.807, 2.05) is 0 Å². The number of nitrogen functional groups attached to an aromatic ring is 1. The molecule has 0 aromatic carbocycles. The topological polar surface area (TPSA) is 177 Å². The molecule has 5 atom stereocenters. The van der Waals surface area contributed by atoms with Gasteiger partial charge in [-0.05, 0) is 0 Å². The molecule has 3 rings (SSSR count). The number of carboxylic acid groups (broad SMARTS) is 1. The predicted octanol–water partition coefficient (Wildman–Crippen LogP) is -5.41. The Morgan fingerprint density at radius 3 is 2.70 bits per heavy atom. The molecule has 1 unspecified atom stereocenters. The molecule has 0 amide bonds. The van der Waals surface area contributed by atoms with Gasteiger partial charge >= 0.3 is 35.5 Å². The number of carboxylic acids is 1. The molecule has 1 fully saturated rings. The smallest absolute Gasteiger partial charge is 1.00 e. The molecule has 0 radical (unpaired) electrons. The summed E-state index contributed by atoms with van der Waals surface area (Å²) in [6.45, 7) is 0. The summed E-state index contributed by atoms with van der Waals surface area (Å²) >= 11 is 0. The second-order valence-electron chi connectivity index (χ2n) is 4.84. The maximum Gasteiger partial charge on any atom is 1.00 e. The van der Waals surface area contributed by atoms with Gasteiger partial charge < -0.3 is 32.3 Å². The van der Waals surface area contributed by atoms with Gasteiger partial charge in [0.1, 0.15) is 30.2 Å². The number of hydrogen-bond donors (Lipinski definition) is 5. The van der Waals surface area contributed by atoms with Crippen molar-refractivity contribution in [2.75, 3.05) is 5.73 Å². The zero-order chi connectivity index (χ0) is 16.0. The van der Waals surface area contributed by atoms with Gasteiger partial charge in [0.25, 0.3) is 0 Å². The SMILES string of the molecule is Nc1ncnc2c1ncn2[C@@H]1O[C@H](C(O)C(=O)O)[C@@H](O)[C@H]1O.[H-].[Na+]. The second kappa shape index (κ2) is 6.65. The molecule has 0 saturated carbocycles. The Morgan fingerprint density at radius 1 is 1.35 bits per heavy atom. The van der Waals surface area contributed by atoms with Gasteiger partial charge in [-0.2, -0.15) is 0 Å². The number of aliphatic hydroxyl groups excluding tert-OH is 3. The number of ether oxygens (including phenoxy) is 1. The van der Waals surface area contributed by atoms with E-state index in [2.05, 4.69) is 15.0 Å². The van der Waals surface area contributed by atoms with Crippen LogP contribution in [0.5, 0.6) is 0 Å². The van der Waals surface area contributed by atoms with Gasteiger partial charge in [0.05, 0.1) is 6.33 Å². The van der Waals surface area contributed by atoms with Gasteiger partial charge in [-0.3, -0.25) is 4.57 Å². The maximum absolute atomic E-state index is 10.8. The molecule has 0 aliphatic carbocycles. The third-order valence-electron chi connectivity index (χ3n) is 3.50. The third kappa shape index (κ3) is 2.92. The minimum Gasteiger partial charge on any atom is -1.00 e. The Morgan fingerprint density at radius 2 is 2.04 bits per heavy atom. The number of imidazole rings is 1. The first-order valence-electron chi connectivity index (χ1n) is 6.27. The molecule has 1 aliphatic heterocycles. The predicted molar refractivity (Wildman–Crippen MR) is 70.4 cm³/mol. The van der Waals surface area contributed by atoms with Crippen LogP contribution in [0.4, 0.5) is 5.82 Å². The van der Waals surface area contributed by atoms with Gasteiger partial charge in [0.2, 0.25) is 0 Å². The Balaban J connectivity index is 0.00000144. The van der Waals surface area contributed by atoms with Gasteiger partial charge in [-0.15, -0.1) is 0 Å². The normalized spacial score (nSPS) is 28.5. The van der Waals surface area contributed by atoms with Gasteiger partial charge in [0.15, 0.2) is 23.8 Å². The molecule has 120 valence electrons. The molecule has 12 heteroatoms. The summed E-state index contributed by atoms with van der Waals surface area (Å²) in [5.74, 6) is -1.45. The number of nitrogens with two attached hydrogens (primary N) is 1. The standard InChI is InChI=1S/C11H13N5O6.Na.H/c12-8-3-9(14-1-13-8)16(2-15-3)10-5(18)4(17)7(22-10)6(19)11(20)21;;/h1-2,4-7,10,17-19H,(H,20,21)(H2,12,13,14);;/q;+1;-1/t4-,5+,6?,7-,10+;;/m0../s1. The first-order valence-corrected chi connectivity index (χ1v) is 6.27. The van der Waals surface area contributed by atoms with Crippen molar-refractivity contribution in [3.63, 3.8) is 0 Å². The zero-order valence-corrected chi connectivity index (χ0v) is 14.0. The molecule has 1 saturated heterocycles. The number of anilines is 1. The molecule has 2 aromatic heterocycles. The molecule has 0 spiro atoms. The van der Waals surface area contributed by atoms with Crippen molar-refractivity contribution in [2.45, 2.75) is 30.6 Å². The fourth-order valence-corrected chi connectivity index (χ4v) is 2.37. The van der Waals surface area contributed by atoms with E-state index in [1.54, 1.807) is 0 Å². The van der Waals surface area contributed by atoms with E-state index in [-0.39, 0.29) is 48.0 Å². The van der Waals surface area contributed by atoms with E-state index in [4.69, 9.17) is 15.6 Å². The van der Waals surface area contributed by atoms with Crippen LogP contribution < -0.4 is 35.3 Å². The molecule has 11 nitrogen and oxygen atoms in total. The minimum atomic E-state index is -1.98. The number of hydrogen-bond acceptors (Lipinski definition) is 9. The number of carbonyl (C=O) groups is 1. The van der Waals surface area contributed by atoms with E-state index >= 15 is 0 Å². The van der Waals surface area contributed by atoms with Crippen LogP contribution in [0.3, 0.4) is 0 Å². The van der Waals surface area contributed by atoms with Crippen molar-refractivity contribution < 1.29 is 60.9 Å². The van der Waals surface area contributed by atoms with Crippen LogP contribution in [0.1, 0.15) is 7.65 Å². The van der Waals surface area contributed by atoms with Crippen LogP contribution in [0.2, 0.25) is 0 Å². The Hall–Kier alpha value is -1.34. The van der Waals surface area contributed by atoms with Crippen molar-refractivity contribution in [3.8, 4) is 0 Å². The summed E-state index contributed by atoms with van der Waals surface area (Å²) < 4.78 is 6.58. The molecule has 2 aromatic rings. The van der Waals surface area contributed by atoms with E-state index in [1.165, 1.54) is 17.2 Å². The summed E-state index contributed by atoms with van der Waals surface area (Å²) in [5, 5.41) is 38.3. The summed E-state index contributed by atoms with van der Waals surface area (Å²) in [6, 6.07) is 0. The van der Waals surface area contributed by atoms with Crippen LogP contribution >= 0.6 is 0 Å². The fraction of sp³-hybridized carbons (Fsp3) is 0.455. The van der Waals surface area contributed by atoms with E-state index in [0.717, 1.165) is 0 Å². The van der Waals surface area contributed by atoms with Crippen molar-refractivity contribution in [1.29, 1.82) is 0 Å². The molecule has 23 heavy (non-hydrogen) atoms. The summed E-state index contributed by atoms with van der Waals surface area (Å²) in [7, 11) is 0. The Labute approximate surface area is 152 Å². The van der Waals surface area contributed by atoms with Crippen LogP contribution in [-0.4, -0.2) is 70.3 Å².